The molecule has 0 aliphatic rings. The summed E-state index contributed by atoms with van der Waals surface area (Å²) in [5.74, 6) is -3.77. The number of aryl methyl sites for hydroxylation is 22. The molecule has 16 aromatic rings. The van der Waals surface area contributed by atoms with Gasteiger partial charge in [-0.15, -0.1) is 0 Å². The van der Waals surface area contributed by atoms with Crippen LogP contribution in [0.1, 0.15) is 257 Å². The van der Waals surface area contributed by atoms with E-state index in [1.807, 2.05) is 184 Å². The fourth-order valence-corrected chi connectivity index (χ4v) is 17.5. The smallest absolute Gasteiger partial charge is 0.201 e. The Morgan fingerprint density at radius 2 is 0.558 bits per heavy atom. The van der Waals surface area contributed by atoms with Crippen LogP contribution in [-0.2, 0) is 69.1 Å². The van der Waals surface area contributed by atoms with Crippen molar-refractivity contribution in [2.45, 2.75) is 222 Å². The Labute approximate surface area is 860 Å². The maximum Gasteiger partial charge on any atom is 0.212 e. The molecule has 8 heteroatoms. The Kier molecular flexibility index (Phi) is 31.0. The second-order valence-electron chi connectivity index (χ2n) is 37.6. The molecular formula is C130H164N8+8. The molecule has 0 fully saturated rings. The highest BCUT2D eigenvalue weighted by molar-refractivity contribution is 5.68. The van der Waals surface area contributed by atoms with Crippen molar-refractivity contribution in [3.05, 3.63) is 428 Å². The summed E-state index contributed by atoms with van der Waals surface area (Å²) in [5.41, 5.74) is 39.6. The maximum absolute atomic E-state index is 8.30. The first-order valence-corrected chi connectivity index (χ1v) is 47.9. The average molecular weight is 1860 g/mol. The number of benzene rings is 8. The van der Waals surface area contributed by atoms with E-state index in [4.69, 9.17) is 26.0 Å². The molecule has 0 saturated heterocycles. The number of nitrogens with zero attached hydrogens (tertiary/aromatic N) is 8. The van der Waals surface area contributed by atoms with Crippen LogP contribution in [0, 0.1) is 95.9 Å². The highest BCUT2D eigenvalue weighted by Gasteiger charge is 2.24. The first-order valence-electron chi connectivity index (χ1n) is 57.4. The molecule has 3 unspecified atom stereocenters. The van der Waals surface area contributed by atoms with Crippen LogP contribution >= 0.6 is 0 Å². The zero-order valence-electron chi connectivity index (χ0n) is 107. The normalized spacial score (nSPS) is 14.7. The van der Waals surface area contributed by atoms with E-state index in [-0.39, 0.29) is 11.1 Å². The topological polar surface area (TPSA) is 31.0 Å². The minimum Gasteiger partial charge on any atom is -0.201 e. The van der Waals surface area contributed by atoms with Gasteiger partial charge in [0.15, 0.2) is 49.6 Å². The van der Waals surface area contributed by atoms with Crippen LogP contribution in [0.25, 0.3) is 90.1 Å². The fraction of sp³-hybridized carbons (Fsp3) is 0.323. The van der Waals surface area contributed by atoms with Gasteiger partial charge in [-0.25, -0.2) is 36.5 Å². The van der Waals surface area contributed by atoms with Gasteiger partial charge in [0.25, 0.3) is 0 Å². The zero-order valence-corrected chi connectivity index (χ0v) is 87.8. The average Bonchev–Trinajstić information content (AvgIpc) is 0.766. The third-order valence-electron chi connectivity index (χ3n) is 25.3. The van der Waals surface area contributed by atoms with Crippen molar-refractivity contribution in [1.29, 1.82) is 0 Å². The van der Waals surface area contributed by atoms with Gasteiger partial charge in [0.1, 0.15) is 56.4 Å². The Morgan fingerprint density at radius 3 is 0.913 bits per heavy atom. The molecule has 716 valence electrons. The van der Waals surface area contributed by atoms with Crippen molar-refractivity contribution in [2.75, 3.05) is 0 Å². The molecule has 0 saturated carbocycles. The summed E-state index contributed by atoms with van der Waals surface area (Å²) in [5, 5.41) is 0. The summed E-state index contributed by atoms with van der Waals surface area (Å²) >= 11 is 0. The summed E-state index contributed by atoms with van der Waals surface area (Å²) in [6.45, 7) is 34.4. The summed E-state index contributed by atoms with van der Waals surface area (Å²) in [6, 6.07) is 88.6. The Bertz CT molecular complexity index is 7430. The molecule has 3 atom stereocenters. The third kappa shape index (κ3) is 29.5. The molecule has 8 heterocycles. The minimum atomic E-state index is -2.73. The number of rotatable bonds is 16. The third-order valence-corrected chi connectivity index (χ3v) is 25.3. The van der Waals surface area contributed by atoms with Gasteiger partial charge >= 0.3 is 0 Å². The van der Waals surface area contributed by atoms with E-state index >= 15 is 0 Å². The van der Waals surface area contributed by atoms with Crippen molar-refractivity contribution >= 4 is 0 Å². The zero-order chi connectivity index (χ0) is 117. The van der Waals surface area contributed by atoms with Crippen molar-refractivity contribution in [3.63, 3.8) is 0 Å². The quantitative estimate of drug-likeness (QED) is 0.0864. The molecule has 0 aliphatic carbocycles. The van der Waals surface area contributed by atoms with E-state index in [1.54, 1.807) is 48.7 Å². The van der Waals surface area contributed by atoms with Gasteiger partial charge in [0.2, 0.25) is 45.6 Å². The Balaban J connectivity index is 0.000000199. The van der Waals surface area contributed by atoms with Crippen molar-refractivity contribution < 1.29 is 62.6 Å². The molecule has 0 N–H and O–H groups in total. The van der Waals surface area contributed by atoms with E-state index in [1.165, 1.54) is 120 Å². The van der Waals surface area contributed by atoms with Gasteiger partial charge in [0.05, 0.1) is 0 Å². The lowest BCUT2D eigenvalue weighted by Gasteiger charge is -2.11. The summed E-state index contributed by atoms with van der Waals surface area (Å²) in [7, 11) is 16.2. The summed E-state index contributed by atoms with van der Waals surface area (Å²) in [6.07, 6.45) is 11.8. The molecule has 0 spiro atoms. The largest absolute Gasteiger partial charge is 0.212 e. The molecular weight excluding hydrogens is 1670 g/mol. The Morgan fingerprint density at radius 1 is 0.239 bits per heavy atom. The lowest BCUT2D eigenvalue weighted by molar-refractivity contribution is -0.661. The number of aromatic nitrogens is 8. The van der Waals surface area contributed by atoms with Gasteiger partial charge in [-0.2, -0.15) is 0 Å². The van der Waals surface area contributed by atoms with Crippen LogP contribution in [0.3, 0.4) is 0 Å². The van der Waals surface area contributed by atoms with E-state index < -0.39 is 57.8 Å². The van der Waals surface area contributed by atoms with E-state index in [2.05, 4.69) is 309 Å². The molecule has 8 nitrogen and oxygen atoms in total. The molecule has 16 rings (SSSR count). The van der Waals surface area contributed by atoms with Crippen molar-refractivity contribution in [2.24, 2.45) is 62.3 Å². The lowest BCUT2D eigenvalue weighted by atomic mass is 9.96. The van der Waals surface area contributed by atoms with Gasteiger partial charge in [-0.05, 0) is 294 Å². The van der Waals surface area contributed by atoms with Crippen LogP contribution in [0.15, 0.2) is 316 Å². The molecule has 138 heavy (non-hydrogen) atoms. The van der Waals surface area contributed by atoms with Crippen LogP contribution in [0.5, 0.6) is 0 Å². The second kappa shape index (κ2) is 51.4. The molecule has 0 amide bonds. The SMILES string of the molecule is Cc1ccc(C)c(-c2cccc[n+]2C)c1.Cc1ccccc1-c1cc(C(C)C)c(C)c[n+]1C.Cc1ccccc1-c1cc(C)c(C(C)C)c[n+]1C.Cc1ccccc1-c1cc(C)c(C(C)C)c[n+]1C.[2H]C([2H])([2H])C([2H])(C)C([2H])([2H])c1ccc(-c2cccc[n+]2C)c(C)c1.[2H]C([2H])([2H])C([2H])(C)c1c[n+](C)c(-c2ccccc2C)cc1C.[2H]C([2H])([2H])C([2H])(C)c1ccc(-c2cccc[n+]2C)c(C)c1.[2H]C([2H])([2H])C([2H])([2H])c1ccc(-c2cccc[n+]2C)c(C)c1. The van der Waals surface area contributed by atoms with Crippen LogP contribution < -0.4 is 36.5 Å². The van der Waals surface area contributed by atoms with Crippen molar-refractivity contribution in [1.82, 2.24) is 0 Å². The number of hydrogen-bond acceptors (Lipinski definition) is 0. The first kappa shape index (κ1) is 83.2. The molecule has 0 radical (unpaired) electrons. The van der Waals surface area contributed by atoms with E-state index in [0.717, 1.165) is 79.8 Å². The number of hydrogen-bond donors (Lipinski definition) is 0. The molecule has 0 aliphatic heterocycles. The standard InChI is InChI=1S/5C17H22N.C16H20N.C15H18N.C14H16N/c1-12(2)16-10-17(18(5)11-14(16)4)15-9-7-6-8-13(15)3;3*1-12(2)16-11-18(5)17(10-14(16)4)15-9-7-6-8-13(15)3;1-13(2)11-15-8-9-16(14(3)12-15)17-7-5-6-10-18(17)4;1-12(2)14-8-9-15(13(3)11-14)16-7-5-6-10-17(16)4;1-4-13-8-9-14(12(2)11-13)15-7-5-6-10-16(15)3;1-11-7-8-12(2)13(10-11)14-6-4-5-9-15(14)3/h4*6-12H,1-5H3;5-10,12-13H,11H2,1-4H3;5-12H,1-4H3;5-11H,4H2,1-3H3;4-10H,1-3H3/q8*+1/i;1D3,12D;;;1D3,11D2,13D;1D3,12D;1D3,4D2;. The minimum absolute atomic E-state index is 0.183. The second-order valence-corrected chi connectivity index (χ2v) is 37.6. The fourth-order valence-electron chi connectivity index (χ4n) is 17.5. The van der Waals surface area contributed by atoms with E-state index in [0.29, 0.717) is 28.9 Å². The van der Waals surface area contributed by atoms with Crippen LogP contribution in [0.2, 0.25) is 0 Å². The van der Waals surface area contributed by atoms with Gasteiger partial charge in [-0.3, -0.25) is 0 Å². The van der Waals surface area contributed by atoms with Crippen molar-refractivity contribution in [3.8, 4) is 90.1 Å². The predicted octanol–water partition coefficient (Wildman–Crippen LogP) is 28.8. The molecule has 8 aromatic carbocycles. The lowest BCUT2D eigenvalue weighted by Crippen LogP contribution is -2.32. The Hall–Kier alpha value is -13.0. The van der Waals surface area contributed by atoms with Gasteiger partial charge < -0.3 is 0 Å². The van der Waals surface area contributed by atoms with E-state index in [9.17, 15) is 0 Å². The van der Waals surface area contributed by atoms with Gasteiger partial charge in [0, 0.05) is 166 Å². The molecule has 8 aromatic heterocycles. The summed E-state index contributed by atoms with van der Waals surface area (Å²) in [4.78, 5) is 0. The first-order chi connectivity index (χ1) is 72.9. The van der Waals surface area contributed by atoms with Gasteiger partial charge in [-0.1, -0.05) is 217 Å². The summed E-state index contributed by atoms with van der Waals surface area (Å²) < 4.78 is 163. The van der Waals surface area contributed by atoms with Crippen LogP contribution in [0.4, 0.5) is 0 Å². The maximum atomic E-state index is 8.30. The monoisotopic (exact) mass is 1860 g/mol. The van der Waals surface area contributed by atoms with Crippen LogP contribution in [-0.4, -0.2) is 0 Å². The predicted molar refractivity (Wildman–Crippen MR) is 584 cm³/mol. The highest BCUT2D eigenvalue weighted by Crippen LogP contribution is 2.33. The highest BCUT2D eigenvalue weighted by atomic mass is 15.0. The number of pyridine rings is 8. The molecule has 0 bridgehead atoms.